The van der Waals surface area contributed by atoms with E-state index in [1.54, 1.807) is 6.07 Å². The lowest BCUT2D eigenvalue weighted by Crippen LogP contribution is -2.47. The normalized spacial score (nSPS) is 19.5. The summed E-state index contributed by atoms with van der Waals surface area (Å²) in [7, 11) is 0. The Bertz CT molecular complexity index is 498. The van der Waals surface area contributed by atoms with Crippen molar-refractivity contribution in [3.05, 3.63) is 34.6 Å². The van der Waals surface area contributed by atoms with Crippen LogP contribution in [0, 0.1) is 5.82 Å². The average molecular weight is 314 g/mol. The van der Waals surface area contributed by atoms with Crippen molar-refractivity contribution in [3.63, 3.8) is 0 Å². The summed E-state index contributed by atoms with van der Waals surface area (Å²) < 4.78 is 13.0. The van der Waals surface area contributed by atoms with Crippen LogP contribution in [0.15, 0.2) is 18.2 Å². The molecule has 6 heteroatoms. The first-order valence-electron chi connectivity index (χ1n) is 7.24. The zero-order valence-corrected chi connectivity index (χ0v) is 12.7. The molecule has 21 heavy (non-hydrogen) atoms. The van der Waals surface area contributed by atoms with Crippen molar-refractivity contribution in [1.29, 1.82) is 0 Å². The Labute approximate surface area is 129 Å². The minimum absolute atomic E-state index is 0.00386. The Morgan fingerprint density at radius 1 is 1.52 bits per heavy atom. The number of nitrogens with zero attached hydrogens (tertiary/aromatic N) is 1. The highest BCUT2D eigenvalue weighted by atomic mass is 35.5. The van der Waals surface area contributed by atoms with Gasteiger partial charge in [-0.3, -0.25) is 9.69 Å². The fourth-order valence-electron chi connectivity index (χ4n) is 2.64. The SMILES string of the molecule is NCCC(=O)NC1CCCN(Cc2ccc(F)cc2Cl)C1. The molecule has 1 amide bonds. The molecule has 4 nitrogen and oxygen atoms in total. The molecule has 1 aromatic carbocycles. The Balaban J connectivity index is 1.90. The highest BCUT2D eigenvalue weighted by Crippen LogP contribution is 2.21. The van der Waals surface area contributed by atoms with Crippen molar-refractivity contribution < 1.29 is 9.18 Å². The fraction of sp³-hybridized carbons (Fsp3) is 0.533. The standard InChI is InChI=1S/C15H21ClFN3O/c16-14-8-12(17)4-3-11(14)9-20-7-1-2-13(10-20)19-15(21)5-6-18/h3-4,8,13H,1-2,5-7,9-10,18H2,(H,19,21). The number of nitrogens with two attached hydrogens (primary N) is 1. The summed E-state index contributed by atoms with van der Waals surface area (Å²) in [6.45, 7) is 2.77. The number of carbonyl (C=O) groups excluding carboxylic acids is 1. The van der Waals surface area contributed by atoms with Crippen LogP contribution in [0.25, 0.3) is 0 Å². The molecule has 3 N–H and O–H groups in total. The van der Waals surface area contributed by atoms with Crippen molar-refractivity contribution in [1.82, 2.24) is 10.2 Å². The molecular weight excluding hydrogens is 293 g/mol. The molecule has 0 bridgehead atoms. The lowest BCUT2D eigenvalue weighted by Gasteiger charge is -2.33. The van der Waals surface area contributed by atoms with Gasteiger partial charge in [-0.05, 0) is 37.1 Å². The van der Waals surface area contributed by atoms with Crippen LogP contribution in [0.1, 0.15) is 24.8 Å². The summed E-state index contributed by atoms with van der Waals surface area (Å²) >= 11 is 6.06. The summed E-state index contributed by atoms with van der Waals surface area (Å²) in [5.41, 5.74) is 6.29. The molecule has 1 atom stereocenters. The van der Waals surface area contributed by atoms with Gasteiger partial charge in [-0.2, -0.15) is 0 Å². The van der Waals surface area contributed by atoms with Gasteiger partial charge < -0.3 is 11.1 Å². The maximum atomic E-state index is 13.0. The highest BCUT2D eigenvalue weighted by molar-refractivity contribution is 6.31. The van der Waals surface area contributed by atoms with E-state index in [0.717, 1.165) is 31.5 Å². The first-order valence-corrected chi connectivity index (χ1v) is 7.62. The van der Waals surface area contributed by atoms with Gasteiger partial charge in [-0.1, -0.05) is 17.7 Å². The Morgan fingerprint density at radius 3 is 3.05 bits per heavy atom. The minimum Gasteiger partial charge on any atom is -0.352 e. The number of nitrogens with one attached hydrogen (secondary N) is 1. The highest BCUT2D eigenvalue weighted by Gasteiger charge is 2.21. The van der Waals surface area contributed by atoms with Crippen LogP contribution >= 0.6 is 11.6 Å². The number of amides is 1. The van der Waals surface area contributed by atoms with Crippen molar-refractivity contribution in [2.45, 2.75) is 31.8 Å². The monoisotopic (exact) mass is 313 g/mol. The first-order chi connectivity index (χ1) is 10.1. The van der Waals surface area contributed by atoms with E-state index >= 15 is 0 Å². The number of carbonyl (C=O) groups is 1. The van der Waals surface area contributed by atoms with E-state index in [4.69, 9.17) is 17.3 Å². The van der Waals surface area contributed by atoms with E-state index in [-0.39, 0.29) is 17.8 Å². The van der Waals surface area contributed by atoms with Crippen LogP contribution < -0.4 is 11.1 Å². The molecule has 1 unspecified atom stereocenters. The number of benzene rings is 1. The van der Waals surface area contributed by atoms with Crippen molar-refractivity contribution >= 4 is 17.5 Å². The van der Waals surface area contributed by atoms with Crippen LogP contribution in [0.4, 0.5) is 4.39 Å². The number of hydrogen-bond donors (Lipinski definition) is 2. The molecule has 1 aromatic rings. The van der Waals surface area contributed by atoms with Gasteiger partial charge in [0.05, 0.1) is 0 Å². The first kappa shape index (κ1) is 16.2. The summed E-state index contributed by atoms with van der Waals surface area (Å²) in [6.07, 6.45) is 2.36. The van der Waals surface area contributed by atoms with E-state index in [1.807, 2.05) is 0 Å². The molecule has 0 aromatic heterocycles. The molecule has 2 rings (SSSR count). The molecule has 0 spiro atoms. The van der Waals surface area contributed by atoms with E-state index in [1.165, 1.54) is 12.1 Å². The molecule has 0 radical (unpaired) electrons. The smallest absolute Gasteiger partial charge is 0.221 e. The predicted octanol–water partition coefficient (Wildman–Crippen LogP) is 1.91. The van der Waals surface area contributed by atoms with Gasteiger partial charge in [0.1, 0.15) is 5.82 Å². The molecule has 1 saturated heterocycles. The maximum Gasteiger partial charge on any atom is 0.221 e. The van der Waals surface area contributed by atoms with Crippen LogP contribution in [0.2, 0.25) is 5.02 Å². The van der Waals surface area contributed by atoms with Crippen LogP contribution in [-0.4, -0.2) is 36.5 Å². The van der Waals surface area contributed by atoms with E-state index in [0.29, 0.717) is 24.5 Å². The maximum absolute atomic E-state index is 13.0. The molecule has 1 aliphatic rings. The van der Waals surface area contributed by atoms with Gasteiger partial charge in [0, 0.05) is 37.1 Å². The van der Waals surface area contributed by atoms with Gasteiger partial charge in [-0.25, -0.2) is 4.39 Å². The molecule has 1 heterocycles. The van der Waals surface area contributed by atoms with Gasteiger partial charge in [-0.15, -0.1) is 0 Å². The Kier molecular flexibility index (Phi) is 5.96. The van der Waals surface area contributed by atoms with Crippen molar-refractivity contribution in [2.75, 3.05) is 19.6 Å². The third kappa shape index (κ3) is 4.95. The van der Waals surface area contributed by atoms with Gasteiger partial charge in [0.2, 0.25) is 5.91 Å². The summed E-state index contributed by atoms with van der Waals surface area (Å²) in [4.78, 5) is 13.8. The van der Waals surface area contributed by atoms with Gasteiger partial charge in [0.15, 0.2) is 0 Å². The summed E-state index contributed by atoms with van der Waals surface area (Å²) in [5, 5.41) is 3.45. The summed E-state index contributed by atoms with van der Waals surface area (Å²) in [6, 6.07) is 4.62. The zero-order chi connectivity index (χ0) is 15.2. The quantitative estimate of drug-likeness (QED) is 0.873. The topological polar surface area (TPSA) is 58.4 Å². The number of halogens is 2. The Hall–Kier alpha value is -1.17. The molecule has 0 saturated carbocycles. The second-order valence-electron chi connectivity index (χ2n) is 5.42. The lowest BCUT2D eigenvalue weighted by atomic mass is 10.0. The van der Waals surface area contributed by atoms with E-state index < -0.39 is 0 Å². The van der Waals surface area contributed by atoms with Crippen LogP contribution in [0.5, 0.6) is 0 Å². The van der Waals surface area contributed by atoms with Crippen LogP contribution in [0.3, 0.4) is 0 Å². The number of likely N-dealkylation sites (tertiary alicyclic amines) is 1. The minimum atomic E-state index is -0.325. The fourth-order valence-corrected chi connectivity index (χ4v) is 2.87. The second kappa shape index (κ2) is 7.73. The molecule has 0 aliphatic carbocycles. The number of rotatable bonds is 5. The van der Waals surface area contributed by atoms with E-state index in [9.17, 15) is 9.18 Å². The number of hydrogen-bond acceptors (Lipinski definition) is 3. The molecule has 1 fully saturated rings. The third-order valence-electron chi connectivity index (χ3n) is 3.65. The zero-order valence-electron chi connectivity index (χ0n) is 11.9. The predicted molar refractivity (Wildman–Crippen MR) is 81.5 cm³/mol. The summed E-state index contributed by atoms with van der Waals surface area (Å²) in [5.74, 6) is -0.321. The third-order valence-corrected chi connectivity index (χ3v) is 4.00. The van der Waals surface area contributed by atoms with Crippen LogP contribution in [-0.2, 0) is 11.3 Å². The van der Waals surface area contributed by atoms with Crippen molar-refractivity contribution in [2.24, 2.45) is 5.73 Å². The van der Waals surface area contributed by atoms with Crippen molar-refractivity contribution in [3.8, 4) is 0 Å². The molecule has 116 valence electrons. The Morgan fingerprint density at radius 2 is 2.33 bits per heavy atom. The molecular formula is C15H21ClFN3O. The largest absolute Gasteiger partial charge is 0.352 e. The second-order valence-corrected chi connectivity index (χ2v) is 5.82. The average Bonchev–Trinajstić information content (AvgIpc) is 2.42. The number of piperidine rings is 1. The van der Waals surface area contributed by atoms with Gasteiger partial charge in [0.25, 0.3) is 0 Å². The molecule has 1 aliphatic heterocycles. The van der Waals surface area contributed by atoms with E-state index in [2.05, 4.69) is 10.2 Å². The lowest BCUT2D eigenvalue weighted by molar-refractivity contribution is -0.122. The van der Waals surface area contributed by atoms with Gasteiger partial charge >= 0.3 is 0 Å².